The Kier molecular flexibility index (Phi) is 6.29. The summed E-state index contributed by atoms with van der Waals surface area (Å²) < 4.78 is 22.5. The fourth-order valence-corrected chi connectivity index (χ4v) is 3.97. The minimum Gasteiger partial charge on any atom is -0.493 e. The zero-order valence-corrected chi connectivity index (χ0v) is 16.0. The van der Waals surface area contributed by atoms with Gasteiger partial charge in [-0.05, 0) is 36.6 Å². The molecule has 0 spiro atoms. The molecule has 2 atom stereocenters. The van der Waals surface area contributed by atoms with Gasteiger partial charge in [0.05, 0.1) is 33.5 Å². The molecule has 1 aliphatic rings. The fraction of sp³-hybridized carbons (Fsp3) is 0.400. The van der Waals surface area contributed by atoms with Crippen LogP contribution in [0.4, 0.5) is 0 Å². The van der Waals surface area contributed by atoms with E-state index in [0.29, 0.717) is 23.7 Å². The topological polar surface area (TPSA) is 57.2 Å². The van der Waals surface area contributed by atoms with Gasteiger partial charge in [-0.2, -0.15) is 0 Å². The predicted octanol–water partition coefficient (Wildman–Crippen LogP) is 4.17. The minimum absolute atomic E-state index is 0.0655. The summed E-state index contributed by atoms with van der Waals surface area (Å²) in [6.07, 6.45) is 1.32. The molecule has 0 saturated carbocycles. The molecule has 1 N–H and O–H groups in total. The van der Waals surface area contributed by atoms with Crippen molar-refractivity contribution >= 4 is 12.0 Å². The first-order chi connectivity index (χ1) is 12.7. The van der Waals surface area contributed by atoms with E-state index in [1.54, 1.807) is 21.3 Å². The van der Waals surface area contributed by atoms with Gasteiger partial charge in [-0.25, -0.2) is 0 Å². The number of aliphatic hydroxyl groups excluding tert-OH is 1. The quantitative estimate of drug-likeness (QED) is 0.603. The lowest BCUT2D eigenvalue weighted by Crippen LogP contribution is -2.12. The molecule has 1 aliphatic carbocycles. The number of methoxy groups -OCH3 is 3. The van der Waals surface area contributed by atoms with Gasteiger partial charge in [0.25, 0.3) is 0 Å². The number of hydrogen-bond acceptors (Lipinski definition) is 6. The molecule has 2 aromatic rings. The lowest BCUT2D eigenvalue weighted by molar-refractivity contribution is 0.108. The summed E-state index contributed by atoms with van der Waals surface area (Å²) in [6, 6.07) is 11.8. The Hall–Kier alpha value is -1.89. The van der Waals surface area contributed by atoms with Crippen molar-refractivity contribution in [2.75, 3.05) is 21.3 Å². The maximum atomic E-state index is 10.8. The van der Waals surface area contributed by atoms with E-state index in [1.165, 1.54) is 12.0 Å². The van der Waals surface area contributed by atoms with Gasteiger partial charge in [-0.3, -0.25) is 0 Å². The van der Waals surface area contributed by atoms with Crippen molar-refractivity contribution in [2.24, 2.45) is 0 Å². The summed E-state index contributed by atoms with van der Waals surface area (Å²) in [5.74, 6) is 1.73. The smallest absolute Gasteiger partial charge is 0.203 e. The van der Waals surface area contributed by atoms with Crippen LogP contribution >= 0.6 is 12.0 Å². The van der Waals surface area contributed by atoms with Crippen LogP contribution in [-0.2, 0) is 10.6 Å². The van der Waals surface area contributed by atoms with Gasteiger partial charge in [0.1, 0.15) is 0 Å². The van der Waals surface area contributed by atoms with Crippen LogP contribution in [0.3, 0.4) is 0 Å². The molecule has 2 aromatic carbocycles. The number of rotatable bonds is 6. The van der Waals surface area contributed by atoms with Crippen molar-refractivity contribution in [3.8, 4) is 17.2 Å². The van der Waals surface area contributed by atoms with Crippen LogP contribution in [0, 0.1) is 0 Å². The highest BCUT2D eigenvalue weighted by atomic mass is 32.2. The summed E-state index contributed by atoms with van der Waals surface area (Å²) in [5, 5.41) is 10.8. The van der Waals surface area contributed by atoms with E-state index in [1.807, 2.05) is 36.4 Å². The van der Waals surface area contributed by atoms with Crippen LogP contribution in [0.25, 0.3) is 0 Å². The molecule has 0 saturated heterocycles. The van der Waals surface area contributed by atoms with E-state index in [9.17, 15) is 5.11 Å². The van der Waals surface area contributed by atoms with Crippen LogP contribution < -0.4 is 14.2 Å². The summed E-state index contributed by atoms with van der Waals surface area (Å²) in [6.45, 7) is 0. The molecule has 26 heavy (non-hydrogen) atoms. The van der Waals surface area contributed by atoms with E-state index < -0.39 is 6.10 Å². The minimum atomic E-state index is -0.650. The molecule has 5 nitrogen and oxygen atoms in total. The molecule has 0 aliphatic heterocycles. The van der Waals surface area contributed by atoms with Crippen LogP contribution in [-0.4, -0.2) is 32.5 Å². The number of benzene rings is 2. The molecule has 1 unspecified atom stereocenters. The van der Waals surface area contributed by atoms with Gasteiger partial charge in [-0.1, -0.05) is 18.2 Å². The Labute approximate surface area is 158 Å². The second kappa shape index (κ2) is 8.66. The molecule has 140 valence electrons. The van der Waals surface area contributed by atoms with E-state index >= 15 is 0 Å². The van der Waals surface area contributed by atoms with Crippen molar-refractivity contribution in [3.05, 3.63) is 47.5 Å². The maximum Gasteiger partial charge on any atom is 0.203 e. The number of hydrogen-bond donors (Lipinski definition) is 1. The molecule has 6 heteroatoms. The highest BCUT2D eigenvalue weighted by Gasteiger charge is 2.30. The Morgan fingerprint density at radius 3 is 2.38 bits per heavy atom. The summed E-state index contributed by atoms with van der Waals surface area (Å²) in [7, 11) is 4.77. The van der Waals surface area contributed by atoms with Crippen LogP contribution in [0.1, 0.15) is 30.1 Å². The Morgan fingerprint density at radius 2 is 1.73 bits per heavy atom. The number of aliphatic hydroxyl groups is 1. The maximum absolute atomic E-state index is 10.8. The fourth-order valence-electron chi connectivity index (χ4n) is 3.28. The van der Waals surface area contributed by atoms with Gasteiger partial charge < -0.3 is 23.5 Å². The van der Waals surface area contributed by atoms with Gasteiger partial charge in [0.2, 0.25) is 5.75 Å². The predicted molar refractivity (Wildman–Crippen MR) is 101 cm³/mol. The third-order valence-electron chi connectivity index (χ3n) is 4.55. The molecule has 3 rings (SSSR count). The molecule has 0 heterocycles. The monoisotopic (exact) mass is 376 g/mol. The Balaban J connectivity index is 1.82. The number of fused-ring (bicyclic) bond motifs is 1. The molecular weight excluding hydrogens is 352 g/mol. The molecule has 0 bridgehead atoms. The third kappa shape index (κ3) is 3.92. The lowest BCUT2D eigenvalue weighted by Gasteiger charge is -2.20. The average Bonchev–Trinajstić information content (AvgIpc) is 2.84. The zero-order valence-electron chi connectivity index (χ0n) is 15.2. The summed E-state index contributed by atoms with van der Waals surface area (Å²) in [4.78, 5) is 1.05. The SMILES string of the molecule is COc1cc2c(c(OC)c1OC)CC[C@H](OSc1ccccc1)CC2O. The van der Waals surface area contributed by atoms with Gasteiger partial charge in [-0.15, -0.1) is 0 Å². The lowest BCUT2D eigenvalue weighted by atomic mass is 9.98. The van der Waals surface area contributed by atoms with Crippen molar-refractivity contribution in [2.45, 2.75) is 36.4 Å². The number of ether oxygens (including phenoxy) is 3. The van der Waals surface area contributed by atoms with E-state index in [2.05, 4.69) is 0 Å². The van der Waals surface area contributed by atoms with Crippen LogP contribution in [0.2, 0.25) is 0 Å². The van der Waals surface area contributed by atoms with Crippen molar-refractivity contribution < 1.29 is 23.5 Å². The largest absolute Gasteiger partial charge is 0.493 e. The molecule has 0 aromatic heterocycles. The second-order valence-corrected chi connectivity index (χ2v) is 6.95. The van der Waals surface area contributed by atoms with Gasteiger partial charge >= 0.3 is 0 Å². The Morgan fingerprint density at radius 1 is 1.00 bits per heavy atom. The summed E-state index contributed by atoms with van der Waals surface area (Å²) in [5.41, 5.74) is 1.77. The van der Waals surface area contributed by atoms with Crippen LogP contribution in [0.5, 0.6) is 17.2 Å². The van der Waals surface area contributed by atoms with Crippen LogP contribution in [0.15, 0.2) is 41.3 Å². The first-order valence-corrected chi connectivity index (χ1v) is 9.30. The molecular formula is C20H24O5S. The highest BCUT2D eigenvalue weighted by Crippen LogP contribution is 2.46. The second-order valence-electron chi connectivity index (χ2n) is 6.12. The van der Waals surface area contributed by atoms with Gasteiger partial charge in [0, 0.05) is 28.9 Å². The summed E-state index contributed by atoms with van der Waals surface area (Å²) >= 11 is 1.35. The van der Waals surface area contributed by atoms with Crippen molar-refractivity contribution in [1.82, 2.24) is 0 Å². The first kappa shape index (κ1) is 18.9. The van der Waals surface area contributed by atoms with Crippen molar-refractivity contribution in [1.29, 1.82) is 0 Å². The average molecular weight is 376 g/mol. The van der Waals surface area contributed by atoms with E-state index in [4.69, 9.17) is 18.4 Å². The third-order valence-corrected chi connectivity index (χ3v) is 5.39. The normalized spacial score (nSPS) is 19.4. The van der Waals surface area contributed by atoms with E-state index in [-0.39, 0.29) is 6.10 Å². The van der Waals surface area contributed by atoms with Gasteiger partial charge in [0.15, 0.2) is 11.5 Å². The molecule has 0 radical (unpaired) electrons. The standard InChI is InChI=1S/C20H24O5S/c1-22-18-12-16-15(19(23-2)20(18)24-3)10-9-13(11-17(16)21)25-26-14-7-5-4-6-8-14/h4-8,12-13,17,21H,9-11H2,1-3H3/t13-,17?/m0/s1. The first-order valence-electron chi connectivity index (χ1n) is 8.56. The van der Waals surface area contributed by atoms with Crippen molar-refractivity contribution in [3.63, 3.8) is 0 Å². The van der Waals surface area contributed by atoms with E-state index in [0.717, 1.165) is 28.9 Å². The molecule has 0 fully saturated rings. The zero-order chi connectivity index (χ0) is 18.5. The molecule has 0 amide bonds. The highest BCUT2D eigenvalue weighted by molar-refractivity contribution is 7.94. The Bertz CT molecular complexity index is 735.